The minimum absolute atomic E-state index is 0.0420. The summed E-state index contributed by atoms with van der Waals surface area (Å²) in [6.07, 6.45) is 6.83. The molecule has 0 aromatic carbocycles. The molecule has 2 fully saturated rings. The molecular weight excluding hydrogens is 284 g/mol. The van der Waals surface area contributed by atoms with Gasteiger partial charge in [0.1, 0.15) is 0 Å². The zero-order chi connectivity index (χ0) is 15.5. The molecule has 0 spiro atoms. The van der Waals surface area contributed by atoms with Crippen LogP contribution in [-0.4, -0.2) is 29.1 Å². The van der Waals surface area contributed by atoms with Crippen LogP contribution in [0, 0.1) is 11.8 Å². The average molecular weight is 312 g/mol. The Bertz CT molecular complexity index is 392. The minimum atomic E-state index is -0.473. The Balaban J connectivity index is 2.03. The molecule has 1 aliphatic carbocycles. The molecule has 1 saturated carbocycles. The summed E-state index contributed by atoms with van der Waals surface area (Å²) in [5.74, 6) is 0.759. The molecular formula is C16H28N2O2S. The van der Waals surface area contributed by atoms with Crippen LogP contribution in [0.25, 0.3) is 0 Å². The SMILES string of the molecule is CCC1CCC(NC(=O)C2CCOC2CC)(C(N)=S)CC1. The van der Waals surface area contributed by atoms with E-state index in [1.165, 1.54) is 6.42 Å². The maximum Gasteiger partial charge on any atom is 0.226 e. The van der Waals surface area contributed by atoms with Crippen LogP contribution in [0.4, 0.5) is 0 Å². The molecule has 0 aromatic heterocycles. The Hall–Kier alpha value is -0.680. The lowest BCUT2D eigenvalue weighted by atomic mass is 9.75. The normalized spacial score (nSPS) is 36.4. The fraction of sp³-hybridized carbons (Fsp3) is 0.875. The number of thiocarbonyl (C=S) groups is 1. The van der Waals surface area contributed by atoms with Gasteiger partial charge in [-0.1, -0.05) is 32.5 Å². The second-order valence-corrected chi connectivity index (χ2v) is 6.94. The van der Waals surface area contributed by atoms with Gasteiger partial charge in [0.25, 0.3) is 0 Å². The molecule has 3 N–H and O–H groups in total. The van der Waals surface area contributed by atoms with Gasteiger partial charge in [-0.3, -0.25) is 4.79 Å². The van der Waals surface area contributed by atoms with Gasteiger partial charge in [0.2, 0.25) is 5.91 Å². The predicted octanol–water partition coefficient (Wildman–Crippen LogP) is 2.54. The first-order valence-corrected chi connectivity index (χ1v) is 8.66. The largest absolute Gasteiger partial charge is 0.391 e. The predicted molar refractivity (Wildman–Crippen MR) is 88.0 cm³/mol. The van der Waals surface area contributed by atoms with Crippen LogP contribution in [0.15, 0.2) is 0 Å². The van der Waals surface area contributed by atoms with E-state index in [0.29, 0.717) is 11.6 Å². The highest BCUT2D eigenvalue weighted by Gasteiger charge is 2.42. The molecule has 2 aliphatic rings. The standard InChI is InChI=1S/C16H28N2O2S/c1-3-11-5-8-16(9-6-11,15(17)21)18-14(19)12-7-10-20-13(12)4-2/h11-13H,3-10H2,1-2H3,(H2,17,21)(H,18,19). The zero-order valence-electron chi connectivity index (χ0n) is 13.2. The van der Waals surface area contributed by atoms with Gasteiger partial charge in [0.05, 0.1) is 22.5 Å². The molecule has 2 unspecified atom stereocenters. The van der Waals surface area contributed by atoms with Crippen LogP contribution in [0.3, 0.4) is 0 Å². The summed E-state index contributed by atoms with van der Waals surface area (Å²) in [6.45, 7) is 4.96. The third-order valence-corrected chi connectivity index (χ3v) is 5.71. The summed E-state index contributed by atoms with van der Waals surface area (Å²) in [6, 6.07) is 0. The van der Waals surface area contributed by atoms with Crippen LogP contribution in [0.5, 0.6) is 0 Å². The topological polar surface area (TPSA) is 64.3 Å². The van der Waals surface area contributed by atoms with Crippen molar-refractivity contribution in [2.45, 2.75) is 70.4 Å². The maximum absolute atomic E-state index is 12.6. The summed E-state index contributed by atoms with van der Waals surface area (Å²) >= 11 is 5.29. The highest BCUT2D eigenvalue weighted by atomic mass is 32.1. The summed E-state index contributed by atoms with van der Waals surface area (Å²) in [7, 11) is 0. The molecule has 2 rings (SSSR count). The zero-order valence-corrected chi connectivity index (χ0v) is 14.0. The molecule has 1 saturated heterocycles. The third-order valence-electron chi connectivity index (χ3n) is 5.32. The van der Waals surface area contributed by atoms with E-state index in [1.807, 2.05) is 0 Å². The lowest BCUT2D eigenvalue weighted by Crippen LogP contribution is -2.59. The van der Waals surface area contributed by atoms with Crippen LogP contribution < -0.4 is 11.1 Å². The lowest BCUT2D eigenvalue weighted by Gasteiger charge is -2.40. The lowest BCUT2D eigenvalue weighted by molar-refractivity contribution is -0.128. The molecule has 1 heterocycles. The Labute approximate surface area is 133 Å². The van der Waals surface area contributed by atoms with Gasteiger partial charge in [-0.05, 0) is 44.4 Å². The highest BCUT2D eigenvalue weighted by molar-refractivity contribution is 7.80. The number of ether oxygens (including phenoxy) is 1. The van der Waals surface area contributed by atoms with Gasteiger partial charge < -0.3 is 15.8 Å². The van der Waals surface area contributed by atoms with Crippen molar-refractivity contribution in [3.05, 3.63) is 0 Å². The summed E-state index contributed by atoms with van der Waals surface area (Å²) in [4.78, 5) is 13.1. The molecule has 4 nitrogen and oxygen atoms in total. The Morgan fingerprint density at radius 1 is 1.29 bits per heavy atom. The number of carbonyl (C=O) groups excluding carboxylic acids is 1. The van der Waals surface area contributed by atoms with Crippen molar-refractivity contribution in [1.82, 2.24) is 5.32 Å². The summed E-state index contributed by atoms with van der Waals surface area (Å²) in [5.41, 5.74) is 5.52. The first-order valence-electron chi connectivity index (χ1n) is 8.26. The summed E-state index contributed by atoms with van der Waals surface area (Å²) < 4.78 is 5.63. The monoisotopic (exact) mass is 312 g/mol. The molecule has 1 aliphatic heterocycles. The van der Waals surface area contributed by atoms with E-state index in [1.54, 1.807) is 0 Å². The van der Waals surface area contributed by atoms with Crippen molar-refractivity contribution in [2.75, 3.05) is 6.61 Å². The first kappa shape index (κ1) is 16.7. The summed E-state index contributed by atoms with van der Waals surface area (Å²) in [5, 5.41) is 3.20. The number of hydrogen-bond acceptors (Lipinski definition) is 3. The number of nitrogens with two attached hydrogens (primary N) is 1. The van der Waals surface area contributed by atoms with E-state index in [2.05, 4.69) is 19.2 Å². The van der Waals surface area contributed by atoms with Crippen molar-refractivity contribution >= 4 is 23.1 Å². The molecule has 1 amide bonds. The molecule has 0 bridgehead atoms. The quantitative estimate of drug-likeness (QED) is 0.766. The van der Waals surface area contributed by atoms with Crippen molar-refractivity contribution in [3.63, 3.8) is 0 Å². The maximum atomic E-state index is 12.6. The van der Waals surface area contributed by atoms with Crippen LogP contribution in [0.2, 0.25) is 0 Å². The van der Waals surface area contributed by atoms with Crippen molar-refractivity contribution < 1.29 is 9.53 Å². The van der Waals surface area contributed by atoms with Gasteiger partial charge in [0, 0.05) is 6.61 Å². The van der Waals surface area contributed by atoms with E-state index in [9.17, 15) is 4.79 Å². The van der Waals surface area contributed by atoms with E-state index < -0.39 is 5.54 Å². The number of amides is 1. The molecule has 2 atom stereocenters. The first-order chi connectivity index (χ1) is 10.0. The van der Waals surface area contributed by atoms with Gasteiger partial charge in [-0.25, -0.2) is 0 Å². The van der Waals surface area contributed by atoms with Gasteiger partial charge >= 0.3 is 0 Å². The number of hydrogen-bond donors (Lipinski definition) is 2. The number of rotatable bonds is 5. The fourth-order valence-electron chi connectivity index (χ4n) is 3.69. The Morgan fingerprint density at radius 3 is 2.48 bits per heavy atom. The van der Waals surface area contributed by atoms with Crippen molar-refractivity contribution in [3.8, 4) is 0 Å². The van der Waals surface area contributed by atoms with E-state index in [0.717, 1.165) is 44.4 Å². The van der Waals surface area contributed by atoms with Gasteiger partial charge in [0.15, 0.2) is 0 Å². The van der Waals surface area contributed by atoms with Gasteiger partial charge in [-0.2, -0.15) is 0 Å². The minimum Gasteiger partial charge on any atom is -0.391 e. The molecule has 5 heteroatoms. The third kappa shape index (κ3) is 3.57. The van der Waals surface area contributed by atoms with Crippen molar-refractivity contribution in [2.24, 2.45) is 17.6 Å². The number of nitrogens with one attached hydrogen (secondary N) is 1. The molecule has 120 valence electrons. The Kier molecular flexibility index (Phi) is 5.60. The van der Waals surface area contributed by atoms with E-state index in [4.69, 9.17) is 22.7 Å². The van der Waals surface area contributed by atoms with Crippen LogP contribution in [-0.2, 0) is 9.53 Å². The average Bonchev–Trinajstić information content (AvgIpc) is 2.96. The second-order valence-electron chi connectivity index (χ2n) is 6.50. The van der Waals surface area contributed by atoms with Crippen molar-refractivity contribution in [1.29, 1.82) is 0 Å². The van der Waals surface area contributed by atoms with Crippen LogP contribution in [0.1, 0.15) is 58.8 Å². The van der Waals surface area contributed by atoms with E-state index in [-0.39, 0.29) is 17.9 Å². The smallest absolute Gasteiger partial charge is 0.226 e. The molecule has 0 aromatic rings. The van der Waals surface area contributed by atoms with E-state index >= 15 is 0 Å². The highest BCUT2D eigenvalue weighted by Crippen LogP contribution is 2.35. The Morgan fingerprint density at radius 2 is 1.95 bits per heavy atom. The van der Waals surface area contributed by atoms with Crippen LogP contribution >= 0.6 is 12.2 Å². The van der Waals surface area contributed by atoms with Gasteiger partial charge in [-0.15, -0.1) is 0 Å². The molecule has 21 heavy (non-hydrogen) atoms. The second kappa shape index (κ2) is 7.05. The number of carbonyl (C=O) groups is 1. The fourth-order valence-corrected chi connectivity index (χ4v) is 3.95. The molecule has 0 radical (unpaired) electrons.